The molecule has 80 heavy (non-hydrogen) atoms. The zero-order valence-corrected chi connectivity index (χ0v) is 55.4. The lowest BCUT2D eigenvalue weighted by molar-refractivity contribution is 0.172. The SMILES string of the molecule is CC1=CC2CC1CC2C.CC1C=CCC(C)CC1.CC1CC2C=CC1CC2C.CC1CC2CC1CC2C.CC1CCC(C)N1C.CC1CNCC(C)C1.Cc1cc(C)c2cc[nH]c2c1.Cc1ccc(C)c(C)c1.Cc1ccc(C)o1. The summed E-state index contributed by atoms with van der Waals surface area (Å²) in [4.78, 5) is 5.65. The lowest BCUT2D eigenvalue weighted by Gasteiger charge is -2.40. The number of benzene rings is 2. The highest BCUT2D eigenvalue weighted by molar-refractivity contribution is 5.83. The minimum Gasteiger partial charge on any atom is -0.467 e. The Labute approximate surface area is 494 Å². The van der Waals surface area contributed by atoms with Crippen molar-refractivity contribution in [3.05, 3.63) is 130 Å². The molecule has 4 nitrogen and oxygen atoms in total. The van der Waals surface area contributed by atoms with Crippen LogP contribution in [0.2, 0.25) is 0 Å². The summed E-state index contributed by atoms with van der Waals surface area (Å²) in [6.45, 7) is 45.1. The Hall–Kier alpha value is -3.60. The lowest BCUT2D eigenvalue weighted by Crippen LogP contribution is -2.33. The van der Waals surface area contributed by atoms with Gasteiger partial charge < -0.3 is 19.6 Å². The van der Waals surface area contributed by atoms with Gasteiger partial charge in [-0.15, -0.1) is 0 Å². The monoisotopic (exact) mass is 1090 g/mol. The minimum atomic E-state index is 0.824. The number of aromatic amines is 1. The van der Waals surface area contributed by atoms with Crippen LogP contribution in [0.15, 0.2) is 95.1 Å². The molecule has 10 aliphatic rings. The molecule has 448 valence electrons. The molecule has 2 N–H and O–H groups in total. The van der Waals surface area contributed by atoms with E-state index in [1.54, 1.807) is 12.0 Å². The molecular weight excluding hydrogens is 971 g/mol. The van der Waals surface area contributed by atoms with Crippen LogP contribution >= 0.6 is 0 Å². The summed E-state index contributed by atoms with van der Waals surface area (Å²) < 4.78 is 5.08. The normalized spacial score (nSPS) is 33.8. The third-order valence-corrected chi connectivity index (χ3v) is 20.8. The summed E-state index contributed by atoms with van der Waals surface area (Å²) >= 11 is 0. The summed E-state index contributed by atoms with van der Waals surface area (Å²) in [6.07, 6.45) is 32.8. The summed E-state index contributed by atoms with van der Waals surface area (Å²) in [5.74, 6) is 16.6. The van der Waals surface area contributed by atoms with E-state index in [4.69, 9.17) is 4.42 Å². The van der Waals surface area contributed by atoms with Crippen LogP contribution in [0, 0.1) is 137 Å². The highest BCUT2D eigenvalue weighted by atomic mass is 16.3. The van der Waals surface area contributed by atoms with Gasteiger partial charge in [-0.3, -0.25) is 0 Å². The van der Waals surface area contributed by atoms with Gasteiger partial charge in [0.2, 0.25) is 0 Å². The second-order valence-corrected chi connectivity index (χ2v) is 28.7. The first-order valence-corrected chi connectivity index (χ1v) is 32.9. The Morgan fingerprint density at radius 3 is 1.43 bits per heavy atom. The molecule has 0 radical (unpaired) electrons. The Balaban J connectivity index is 0.000000166. The summed E-state index contributed by atoms with van der Waals surface area (Å²) in [5, 5.41) is 4.71. The van der Waals surface area contributed by atoms with Crippen LogP contribution in [0.1, 0.15) is 206 Å². The van der Waals surface area contributed by atoms with E-state index in [0.29, 0.717) is 0 Å². The average Bonchev–Trinajstić information content (AvgIpc) is 4.35. The molecule has 4 heteroatoms. The summed E-state index contributed by atoms with van der Waals surface area (Å²) in [5.41, 5.74) is 9.67. The second kappa shape index (κ2) is 33.0. The fraction of sp³-hybridized carbons (Fsp3) is 0.684. The number of nitrogens with one attached hydrogen (secondary N) is 2. The van der Waals surface area contributed by atoms with Gasteiger partial charge >= 0.3 is 0 Å². The van der Waals surface area contributed by atoms with Gasteiger partial charge in [0.1, 0.15) is 11.5 Å². The standard InChI is InChI=1S/C10H11N.C10H16.C9H16.C9H14.C9H12.C9H16.2C7H15N.C6H8O/c1-7-5-8(2)9-3-4-11-10(9)6-7;1-7-5-10-4-3-9(7)6-8(10)2;2*1-6-3-9-5-8(6)4-7(9)2;1-7-4-5-8(2)9(3)6-7;1-8-4-3-5-9(2)7-6-8;1-6-3-7(2)5-8-4-6;1-6-4-5-7(2)8(6)3;1-5-3-4-6(2)7-5/h3-6,11H,1-2H3;3-4,7-10H,5-6H2,1-2H3;6-9H,3-5H2,1-2H3;3,7-9H,4-5H2,1-2H3;4-6H,1-3H3;3-4,8-9H,5-7H2,1-2H3;6-8H,3-5H2,1-2H3;6-7H,4-5H2,1-3H3;3-4H,1-2H3. The molecule has 2 saturated heterocycles. The van der Waals surface area contributed by atoms with E-state index >= 15 is 0 Å². The van der Waals surface area contributed by atoms with E-state index < -0.39 is 0 Å². The number of nitrogens with zero attached hydrogens (tertiary/aromatic N) is 1. The number of hydrogen-bond donors (Lipinski definition) is 2. The van der Waals surface area contributed by atoms with Crippen molar-refractivity contribution in [1.29, 1.82) is 0 Å². The Morgan fingerprint density at radius 1 is 0.475 bits per heavy atom. The van der Waals surface area contributed by atoms with E-state index in [-0.39, 0.29) is 0 Å². The molecule has 4 heterocycles. The molecular formula is C76H123N3O. The smallest absolute Gasteiger partial charge is 0.101 e. The Morgan fingerprint density at radius 2 is 1.04 bits per heavy atom. The number of rotatable bonds is 0. The van der Waals surface area contributed by atoms with Gasteiger partial charge in [0.25, 0.3) is 0 Å². The van der Waals surface area contributed by atoms with E-state index in [1.165, 1.54) is 129 Å². The maximum atomic E-state index is 5.08. The topological polar surface area (TPSA) is 44.2 Å². The van der Waals surface area contributed by atoms with Crippen LogP contribution < -0.4 is 5.32 Å². The first-order chi connectivity index (χ1) is 37.9. The van der Waals surface area contributed by atoms with E-state index in [2.05, 4.69) is 207 Å². The summed E-state index contributed by atoms with van der Waals surface area (Å²) in [7, 11) is 2.21. The highest BCUT2D eigenvalue weighted by Crippen LogP contribution is 2.51. The van der Waals surface area contributed by atoms with Gasteiger partial charge in [-0.1, -0.05) is 128 Å². The second-order valence-electron chi connectivity index (χ2n) is 28.7. The van der Waals surface area contributed by atoms with Crippen molar-refractivity contribution in [3.8, 4) is 0 Å². The van der Waals surface area contributed by atoms with E-state index in [9.17, 15) is 0 Å². The number of piperidine rings is 1. The van der Waals surface area contributed by atoms with Crippen molar-refractivity contribution in [1.82, 2.24) is 15.2 Å². The van der Waals surface area contributed by atoms with Crippen LogP contribution in [0.4, 0.5) is 0 Å². The fourth-order valence-corrected chi connectivity index (χ4v) is 14.7. The lowest BCUT2D eigenvalue weighted by atomic mass is 9.65. The average molecular weight is 1090 g/mol. The van der Waals surface area contributed by atoms with Crippen LogP contribution in [0.3, 0.4) is 0 Å². The molecule has 4 aromatic rings. The molecule has 8 aliphatic carbocycles. The number of aryl methyl sites for hydroxylation is 7. The van der Waals surface area contributed by atoms with E-state index in [0.717, 1.165) is 112 Å². The number of allylic oxidation sites excluding steroid dienone is 6. The molecule has 0 amide bonds. The molecule has 4 saturated carbocycles. The van der Waals surface area contributed by atoms with Gasteiger partial charge in [0.05, 0.1) is 0 Å². The number of likely N-dealkylation sites (tertiary alicyclic amines) is 1. The molecule has 2 aromatic carbocycles. The highest BCUT2D eigenvalue weighted by Gasteiger charge is 2.41. The number of hydrogen-bond acceptors (Lipinski definition) is 3. The van der Waals surface area contributed by atoms with Crippen LogP contribution in [0.25, 0.3) is 10.9 Å². The van der Waals surface area contributed by atoms with Gasteiger partial charge in [0.15, 0.2) is 0 Å². The maximum absolute atomic E-state index is 5.08. The number of fused-ring (bicyclic) bond motifs is 7. The molecule has 17 atom stereocenters. The predicted molar refractivity (Wildman–Crippen MR) is 352 cm³/mol. The van der Waals surface area contributed by atoms with E-state index in [1.807, 2.05) is 32.2 Å². The van der Waals surface area contributed by atoms with Crippen molar-refractivity contribution in [2.24, 2.45) is 88.8 Å². The minimum absolute atomic E-state index is 0.824. The first-order valence-electron chi connectivity index (χ1n) is 32.9. The number of furan rings is 1. The van der Waals surface area contributed by atoms with Crippen LogP contribution in [-0.2, 0) is 0 Å². The maximum Gasteiger partial charge on any atom is 0.101 e. The van der Waals surface area contributed by atoms with Gasteiger partial charge in [-0.05, 0) is 308 Å². The Bertz CT molecular complexity index is 2410. The summed E-state index contributed by atoms with van der Waals surface area (Å²) in [6, 6.07) is 18.5. The fourth-order valence-electron chi connectivity index (χ4n) is 14.7. The predicted octanol–water partition coefficient (Wildman–Crippen LogP) is 21.2. The first kappa shape index (κ1) is 67.2. The van der Waals surface area contributed by atoms with Crippen molar-refractivity contribution >= 4 is 10.9 Å². The molecule has 0 spiro atoms. The third kappa shape index (κ3) is 21.9. The molecule has 14 rings (SSSR count). The Kier molecular flexibility index (Phi) is 27.7. The molecule has 17 unspecified atom stereocenters. The van der Waals surface area contributed by atoms with Crippen molar-refractivity contribution < 1.29 is 4.42 Å². The third-order valence-electron chi connectivity index (χ3n) is 20.8. The molecule has 2 aromatic heterocycles. The molecule has 6 bridgehead atoms. The van der Waals surface area contributed by atoms with Gasteiger partial charge in [-0.25, -0.2) is 0 Å². The van der Waals surface area contributed by atoms with Crippen LogP contribution in [-0.4, -0.2) is 42.1 Å². The largest absolute Gasteiger partial charge is 0.467 e. The zero-order valence-electron chi connectivity index (χ0n) is 55.4. The molecule has 6 fully saturated rings. The number of aromatic nitrogens is 1. The zero-order chi connectivity index (χ0) is 58.8. The van der Waals surface area contributed by atoms with Gasteiger partial charge in [-0.2, -0.15) is 0 Å². The van der Waals surface area contributed by atoms with Crippen molar-refractivity contribution in [2.45, 2.75) is 227 Å². The molecule has 2 aliphatic heterocycles. The number of H-pyrrole nitrogens is 1. The van der Waals surface area contributed by atoms with Crippen molar-refractivity contribution in [3.63, 3.8) is 0 Å². The van der Waals surface area contributed by atoms with Crippen LogP contribution in [0.5, 0.6) is 0 Å². The van der Waals surface area contributed by atoms with Crippen molar-refractivity contribution in [2.75, 3.05) is 20.1 Å². The van der Waals surface area contributed by atoms with Gasteiger partial charge in [0, 0.05) is 29.2 Å². The quantitative estimate of drug-likeness (QED) is 0.173.